The van der Waals surface area contributed by atoms with E-state index >= 15 is 0 Å². The van der Waals surface area contributed by atoms with Crippen LogP contribution in [0.2, 0.25) is 0 Å². The topological polar surface area (TPSA) is 29.1 Å². The van der Waals surface area contributed by atoms with Crippen molar-refractivity contribution in [3.63, 3.8) is 0 Å². The highest BCUT2D eigenvalue weighted by molar-refractivity contribution is 9.13. The number of nitrogens with one attached hydrogen (secondary N) is 1. The van der Waals surface area contributed by atoms with Crippen LogP contribution in [0.5, 0.6) is 0 Å². The summed E-state index contributed by atoms with van der Waals surface area (Å²) in [6, 6.07) is 2.22. The van der Waals surface area contributed by atoms with Gasteiger partial charge < -0.3 is 5.32 Å². The molecule has 0 aliphatic heterocycles. The lowest BCUT2D eigenvalue weighted by molar-refractivity contribution is 0.0934. The normalized spacial score (nSPS) is 24.7. The van der Waals surface area contributed by atoms with Crippen LogP contribution in [0.3, 0.4) is 0 Å². The van der Waals surface area contributed by atoms with E-state index in [9.17, 15) is 4.79 Å². The van der Waals surface area contributed by atoms with Crippen molar-refractivity contribution in [1.82, 2.24) is 5.32 Å². The van der Waals surface area contributed by atoms with Gasteiger partial charge in [-0.25, -0.2) is 0 Å². The Hall–Kier alpha value is 0.130. The smallest absolute Gasteiger partial charge is 0.261 e. The van der Waals surface area contributed by atoms with Crippen LogP contribution in [-0.4, -0.2) is 11.9 Å². The number of hydrogen-bond acceptors (Lipinski definition) is 2. The van der Waals surface area contributed by atoms with E-state index in [1.807, 2.05) is 6.07 Å². The molecule has 5 heteroatoms. The number of carbonyl (C=O) groups is 1. The van der Waals surface area contributed by atoms with Crippen LogP contribution in [0.25, 0.3) is 0 Å². The molecule has 1 aromatic heterocycles. The Morgan fingerprint density at radius 2 is 2.25 bits per heavy atom. The predicted octanol–water partition coefficient (Wildman–Crippen LogP) is 4.19. The molecule has 0 radical (unpaired) electrons. The second kappa shape index (κ2) is 5.19. The number of hydrogen-bond donors (Lipinski definition) is 1. The van der Waals surface area contributed by atoms with Crippen molar-refractivity contribution >= 4 is 49.1 Å². The number of amides is 1. The molecule has 1 aliphatic rings. The summed E-state index contributed by atoms with van der Waals surface area (Å²) in [7, 11) is 0. The van der Waals surface area contributed by atoms with Gasteiger partial charge in [0.05, 0.1) is 8.66 Å². The minimum absolute atomic E-state index is 0.0511. The van der Waals surface area contributed by atoms with Gasteiger partial charge in [0, 0.05) is 10.5 Å². The lowest BCUT2D eigenvalue weighted by Crippen LogP contribution is -2.35. The Balaban J connectivity index is 2.02. The van der Waals surface area contributed by atoms with E-state index in [2.05, 4.69) is 44.1 Å². The highest BCUT2D eigenvalue weighted by Crippen LogP contribution is 2.33. The maximum absolute atomic E-state index is 12.0. The average Bonchev–Trinajstić information content (AvgIpc) is 2.76. The van der Waals surface area contributed by atoms with Gasteiger partial charge in [0.2, 0.25) is 0 Å². The minimum atomic E-state index is 0.0511. The van der Waals surface area contributed by atoms with Crippen LogP contribution in [0.1, 0.15) is 35.9 Å². The van der Waals surface area contributed by atoms with Crippen LogP contribution >= 0.6 is 43.2 Å². The molecule has 1 fully saturated rings. The largest absolute Gasteiger partial charge is 0.348 e. The van der Waals surface area contributed by atoms with Crippen molar-refractivity contribution in [2.24, 2.45) is 5.92 Å². The van der Waals surface area contributed by atoms with Crippen molar-refractivity contribution in [2.45, 2.75) is 32.2 Å². The van der Waals surface area contributed by atoms with Crippen molar-refractivity contribution in [3.05, 3.63) is 19.2 Å². The molecule has 16 heavy (non-hydrogen) atoms. The molecule has 88 valence electrons. The van der Waals surface area contributed by atoms with Gasteiger partial charge in [-0.05, 0) is 56.7 Å². The summed E-state index contributed by atoms with van der Waals surface area (Å²) >= 11 is 8.26. The van der Waals surface area contributed by atoms with Crippen molar-refractivity contribution in [1.29, 1.82) is 0 Å². The molecule has 1 aliphatic carbocycles. The summed E-state index contributed by atoms with van der Waals surface area (Å²) in [4.78, 5) is 12.7. The number of rotatable bonds is 2. The Morgan fingerprint density at radius 1 is 1.50 bits per heavy atom. The van der Waals surface area contributed by atoms with Gasteiger partial charge in [0.25, 0.3) is 5.91 Å². The molecule has 2 atom stereocenters. The third kappa shape index (κ3) is 2.68. The lowest BCUT2D eigenvalue weighted by Gasteiger charge is -2.16. The highest BCUT2D eigenvalue weighted by Gasteiger charge is 2.25. The first-order valence-corrected chi connectivity index (χ1v) is 7.74. The molecule has 2 rings (SSSR count). The second-order valence-corrected chi connectivity index (χ2v) is 7.44. The average molecular weight is 367 g/mol. The maximum atomic E-state index is 12.0. The first kappa shape index (κ1) is 12.6. The zero-order chi connectivity index (χ0) is 11.7. The molecule has 2 nitrogen and oxygen atoms in total. The summed E-state index contributed by atoms with van der Waals surface area (Å²) in [5.41, 5.74) is 0. The van der Waals surface area contributed by atoms with Crippen molar-refractivity contribution in [2.75, 3.05) is 0 Å². The van der Waals surface area contributed by atoms with E-state index in [-0.39, 0.29) is 5.91 Å². The Kier molecular flexibility index (Phi) is 4.08. The van der Waals surface area contributed by atoms with E-state index in [4.69, 9.17) is 0 Å². The van der Waals surface area contributed by atoms with Crippen molar-refractivity contribution < 1.29 is 4.79 Å². The number of thiophene rings is 1. The van der Waals surface area contributed by atoms with Gasteiger partial charge in [0.1, 0.15) is 0 Å². The molecule has 0 aromatic carbocycles. The molecule has 1 amide bonds. The van der Waals surface area contributed by atoms with Gasteiger partial charge in [-0.3, -0.25) is 4.79 Å². The van der Waals surface area contributed by atoms with Crippen LogP contribution in [0.15, 0.2) is 14.3 Å². The number of carbonyl (C=O) groups excluding carboxylic acids is 1. The van der Waals surface area contributed by atoms with Gasteiger partial charge in [0.15, 0.2) is 0 Å². The predicted molar refractivity (Wildman–Crippen MR) is 74.0 cm³/mol. The van der Waals surface area contributed by atoms with E-state index in [0.29, 0.717) is 12.0 Å². The fraction of sp³-hybridized carbons (Fsp3) is 0.545. The second-order valence-electron chi connectivity index (χ2n) is 4.22. The summed E-state index contributed by atoms with van der Waals surface area (Å²) in [5, 5.41) is 3.12. The summed E-state index contributed by atoms with van der Waals surface area (Å²) < 4.78 is 1.92. The Labute approximate surface area is 116 Å². The Morgan fingerprint density at radius 3 is 2.75 bits per heavy atom. The fourth-order valence-electron chi connectivity index (χ4n) is 2.06. The van der Waals surface area contributed by atoms with Crippen LogP contribution in [0, 0.1) is 5.92 Å². The van der Waals surface area contributed by atoms with E-state index in [0.717, 1.165) is 19.6 Å². The minimum Gasteiger partial charge on any atom is -0.348 e. The molecular weight excluding hydrogens is 354 g/mol. The summed E-state index contributed by atoms with van der Waals surface area (Å²) in [6.45, 7) is 2.21. The van der Waals surface area contributed by atoms with Gasteiger partial charge >= 0.3 is 0 Å². The molecular formula is C11H13Br2NOS. The maximum Gasteiger partial charge on any atom is 0.261 e. The zero-order valence-corrected chi connectivity index (χ0v) is 12.9. The van der Waals surface area contributed by atoms with Crippen LogP contribution < -0.4 is 5.32 Å². The standard InChI is InChI=1S/C11H13Br2NOS/c1-6-3-2-4-8(6)14-11(15)9-5-7(12)10(13)16-9/h5-6,8H,2-4H2,1H3,(H,14,15). The molecule has 0 spiro atoms. The van der Waals surface area contributed by atoms with Gasteiger partial charge in [-0.1, -0.05) is 13.3 Å². The first-order valence-electron chi connectivity index (χ1n) is 5.33. The molecule has 0 bridgehead atoms. The number of halogens is 2. The Bertz CT molecular complexity index is 385. The summed E-state index contributed by atoms with van der Waals surface area (Å²) in [5.74, 6) is 0.658. The monoisotopic (exact) mass is 365 g/mol. The SMILES string of the molecule is CC1CCCC1NC(=O)c1cc(Br)c(Br)s1. The van der Waals surface area contributed by atoms with Gasteiger partial charge in [-0.15, -0.1) is 11.3 Å². The zero-order valence-electron chi connectivity index (χ0n) is 8.93. The molecule has 2 unspecified atom stereocenters. The quantitative estimate of drug-likeness (QED) is 0.835. The van der Waals surface area contributed by atoms with Gasteiger partial charge in [-0.2, -0.15) is 0 Å². The van der Waals surface area contributed by atoms with Crippen LogP contribution in [0.4, 0.5) is 0 Å². The van der Waals surface area contributed by atoms with E-state index in [1.165, 1.54) is 24.2 Å². The molecule has 1 N–H and O–H groups in total. The first-order chi connectivity index (χ1) is 7.58. The molecule has 1 saturated carbocycles. The third-order valence-electron chi connectivity index (χ3n) is 3.05. The molecule has 1 aromatic rings. The van der Waals surface area contributed by atoms with E-state index in [1.54, 1.807) is 0 Å². The third-order valence-corrected chi connectivity index (χ3v) is 6.30. The lowest BCUT2D eigenvalue weighted by atomic mass is 10.1. The highest BCUT2D eigenvalue weighted by atomic mass is 79.9. The molecule has 0 saturated heterocycles. The molecule has 1 heterocycles. The van der Waals surface area contributed by atoms with Crippen molar-refractivity contribution in [3.8, 4) is 0 Å². The van der Waals surface area contributed by atoms with E-state index < -0.39 is 0 Å². The summed E-state index contributed by atoms with van der Waals surface area (Å²) in [6.07, 6.45) is 3.56. The fourth-order valence-corrected chi connectivity index (χ4v) is 4.00. The van der Waals surface area contributed by atoms with Crippen LogP contribution in [-0.2, 0) is 0 Å².